The molecule has 3 fully saturated rings. The third kappa shape index (κ3) is 9.27. The number of carbonyl (C=O) groups is 2. The SMILES string of the molecule is CN(COc1c(I)c(NC(=O)C2COC(C)(C)OC2)c(I)c(C(=O)N(C)CC2COC(C)(C)O2)c1I)CC1COC(C)(C)O1. The fraction of sp³-hybridized carbons (Fsp3) is 0.724. The Kier molecular flexibility index (Phi) is 12.1. The summed E-state index contributed by atoms with van der Waals surface area (Å²) < 4.78 is 43.1. The minimum Gasteiger partial charge on any atom is -0.476 e. The summed E-state index contributed by atoms with van der Waals surface area (Å²) in [6.07, 6.45) is -0.352. The minimum atomic E-state index is -0.742. The fourth-order valence-corrected chi connectivity index (χ4v) is 9.20. The molecule has 3 aliphatic heterocycles. The highest BCUT2D eigenvalue weighted by Gasteiger charge is 2.37. The molecule has 4 rings (SSSR count). The average Bonchev–Trinajstić information content (AvgIpc) is 3.44. The molecule has 2 atom stereocenters. The molecule has 3 saturated heterocycles. The monoisotopic (exact) mass is 957 g/mol. The molecule has 1 aromatic rings. The molecule has 1 aromatic carbocycles. The van der Waals surface area contributed by atoms with Gasteiger partial charge in [0.05, 0.1) is 60.4 Å². The topological polar surface area (TPSA) is 117 Å². The molecule has 2 unspecified atom stereocenters. The summed E-state index contributed by atoms with van der Waals surface area (Å²) in [6, 6.07) is 0. The van der Waals surface area contributed by atoms with Crippen molar-refractivity contribution >= 4 is 85.3 Å². The van der Waals surface area contributed by atoms with E-state index in [-0.39, 0.29) is 44.0 Å². The second kappa shape index (κ2) is 14.6. The van der Waals surface area contributed by atoms with Crippen LogP contribution in [-0.2, 0) is 33.2 Å². The van der Waals surface area contributed by atoms with Crippen LogP contribution in [0.3, 0.4) is 0 Å². The molecule has 2 amide bonds. The number of nitrogens with zero attached hydrogens (tertiary/aromatic N) is 2. The molecule has 0 saturated carbocycles. The second-order valence-electron chi connectivity index (χ2n) is 12.6. The van der Waals surface area contributed by atoms with Crippen molar-refractivity contribution in [1.82, 2.24) is 9.80 Å². The smallest absolute Gasteiger partial charge is 0.256 e. The van der Waals surface area contributed by atoms with Crippen LogP contribution in [0, 0.1) is 16.6 Å². The Morgan fingerprint density at radius 2 is 1.32 bits per heavy atom. The predicted octanol–water partition coefficient (Wildman–Crippen LogP) is 4.48. The number of rotatable bonds is 10. The molecule has 0 aliphatic carbocycles. The van der Waals surface area contributed by atoms with Gasteiger partial charge in [0, 0.05) is 20.1 Å². The van der Waals surface area contributed by atoms with Gasteiger partial charge in [-0.1, -0.05) is 0 Å². The van der Waals surface area contributed by atoms with Gasteiger partial charge in [-0.2, -0.15) is 0 Å². The zero-order chi connectivity index (χ0) is 32.6. The van der Waals surface area contributed by atoms with Gasteiger partial charge < -0.3 is 43.4 Å². The van der Waals surface area contributed by atoms with Gasteiger partial charge in [0.1, 0.15) is 12.8 Å². The lowest BCUT2D eigenvalue weighted by Gasteiger charge is -2.34. The molecular formula is C29H42I3N3O9. The number of likely N-dealkylation sites (N-methyl/N-ethyl adjacent to an activating group) is 2. The first-order valence-corrected chi connectivity index (χ1v) is 17.6. The maximum absolute atomic E-state index is 14.0. The minimum absolute atomic E-state index is 0.0919. The lowest BCUT2D eigenvalue weighted by Crippen LogP contribution is -2.44. The normalized spacial score (nSPS) is 24.5. The molecule has 3 aliphatic rings. The number of nitrogens with one attached hydrogen (secondary N) is 1. The van der Waals surface area contributed by atoms with E-state index in [9.17, 15) is 9.59 Å². The Morgan fingerprint density at radius 1 is 0.795 bits per heavy atom. The summed E-state index contributed by atoms with van der Waals surface area (Å²) in [7, 11) is 3.66. The number of anilines is 1. The van der Waals surface area contributed by atoms with Gasteiger partial charge in [0.15, 0.2) is 23.1 Å². The Balaban J connectivity index is 1.58. The van der Waals surface area contributed by atoms with Crippen molar-refractivity contribution in [2.24, 2.45) is 5.92 Å². The van der Waals surface area contributed by atoms with Crippen LogP contribution in [0.2, 0.25) is 0 Å². The van der Waals surface area contributed by atoms with Crippen molar-refractivity contribution in [2.45, 2.75) is 71.1 Å². The maximum atomic E-state index is 14.0. The van der Waals surface area contributed by atoms with E-state index in [1.165, 1.54) is 0 Å². The van der Waals surface area contributed by atoms with Gasteiger partial charge in [-0.3, -0.25) is 14.5 Å². The van der Waals surface area contributed by atoms with E-state index in [2.05, 4.69) is 73.1 Å². The van der Waals surface area contributed by atoms with E-state index in [4.69, 9.17) is 33.2 Å². The number of hydrogen-bond donors (Lipinski definition) is 1. The zero-order valence-corrected chi connectivity index (χ0v) is 32.9. The van der Waals surface area contributed by atoms with Crippen molar-refractivity contribution in [3.8, 4) is 5.75 Å². The molecule has 12 nitrogen and oxygen atoms in total. The Morgan fingerprint density at radius 3 is 1.84 bits per heavy atom. The summed E-state index contributed by atoms with van der Waals surface area (Å²) in [6.45, 7) is 13.6. The first-order chi connectivity index (χ1) is 20.4. The van der Waals surface area contributed by atoms with Crippen molar-refractivity contribution in [3.05, 3.63) is 16.3 Å². The Bertz CT molecular complexity index is 1240. The van der Waals surface area contributed by atoms with Gasteiger partial charge in [-0.05, 0) is 116 Å². The quantitative estimate of drug-likeness (QED) is 0.266. The first-order valence-electron chi connectivity index (χ1n) is 14.4. The van der Waals surface area contributed by atoms with Gasteiger partial charge in [-0.25, -0.2) is 0 Å². The summed E-state index contributed by atoms with van der Waals surface area (Å²) in [5.74, 6) is -2.53. The van der Waals surface area contributed by atoms with E-state index < -0.39 is 23.3 Å². The highest BCUT2D eigenvalue weighted by Crippen LogP contribution is 2.41. The van der Waals surface area contributed by atoms with Crippen LogP contribution >= 0.6 is 67.8 Å². The number of ether oxygens (including phenoxy) is 7. The van der Waals surface area contributed by atoms with Crippen molar-refractivity contribution in [3.63, 3.8) is 0 Å². The average molecular weight is 957 g/mol. The number of benzene rings is 1. The van der Waals surface area contributed by atoms with Crippen LogP contribution in [0.25, 0.3) is 0 Å². The van der Waals surface area contributed by atoms with Crippen LogP contribution < -0.4 is 10.1 Å². The largest absolute Gasteiger partial charge is 0.476 e. The molecule has 44 heavy (non-hydrogen) atoms. The molecule has 1 N–H and O–H groups in total. The second-order valence-corrected chi connectivity index (χ2v) is 15.9. The van der Waals surface area contributed by atoms with Crippen LogP contribution in [-0.4, -0.2) is 112 Å². The summed E-state index contributed by atoms with van der Waals surface area (Å²) in [5, 5.41) is 3.05. The molecular weight excluding hydrogens is 915 g/mol. The van der Waals surface area contributed by atoms with Crippen LogP contribution in [0.1, 0.15) is 51.9 Å². The van der Waals surface area contributed by atoms with E-state index in [1.807, 2.05) is 53.5 Å². The fourth-order valence-electron chi connectivity index (χ4n) is 4.99. The van der Waals surface area contributed by atoms with Crippen molar-refractivity contribution in [1.29, 1.82) is 0 Å². The first kappa shape index (κ1) is 36.7. The number of carbonyl (C=O) groups excluding carboxylic acids is 2. The standard InChI is InChI=1S/C29H42I3N3O9/c1-27(2)39-11-16(12-40-27)25(36)33-23-20(30)19(26(37)35(8)10-18-14-42-29(5,6)44-18)21(31)24(22(23)32)38-15-34(7)9-17-13-41-28(3,4)43-17/h16-18H,9-15H2,1-8H3,(H,33,36). The van der Waals surface area contributed by atoms with Crippen molar-refractivity contribution in [2.75, 3.05) is 65.7 Å². The van der Waals surface area contributed by atoms with E-state index in [1.54, 1.807) is 11.9 Å². The molecule has 0 aromatic heterocycles. The van der Waals surface area contributed by atoms with Crippen LogP contribution in [0.5, 0.6) is 5.75 Å². The Labute approximate surface area is 300 Å². The van der Waals surface area contributed by atoms with Gasteiger partial charge in [-0.15, -0.1) is 0 Å². The highest BCUT2D eigenvalue weighted by molar-refractivity contribution is 14.1. The summed E-state index contributed by atoms with van der Waals surface area (Å²) in [5.41, 5.74) is 0.943. The van der Waals surface area contributed by atoms with E-state index in [0.717, 1.165) is 0 Å². The molecule has 248 valence electrons. The van der Waals surface area contributed by atoms with Crippen LogP contribution in [0.4, 0.5) is 5.69 Å². The van der Waals surface area contributed by atoms with E-state index >= 15 is 0 Å². The van der Waals surface area contributed by atoms with Gasteiger partial charge >= 0.3 is 0 Å². The summed E-state index contributed by atoms with van der Waals surface area (Å²) in [4.78, 5) is 31.0. The van der Waals surface area contributed by atoms with E-state index in [0.29, 0.717) is 54.0 Å². The van der Waals surface area contributed by atoms with Gasteiger partial charge in [0.25, 0.3) is 5.91 Å². The zero-order valence-electron chi connectivity index (χ0n) is 26.4. The summed E-state index contributed by atoms with van der Waals surface area (Å²) >= 11 is 6.45. The third-order valence-electron chi connectivity index (χ3n) is 7.28. The van der Waals surface area contributed by atoms with Crippen molar-refractivity contribution < 1.29 is 42.7 Å². The number of hydrogen-bond acceptors (Lipinski definition) is 10. The predicted molar refractivity (Wildman–Crippen MR) is 188 cm³/mol. The maximum Gasteiger partial charge on any atom is 0.256 e. The number of amides is 2. The number of halogens is 3. The molecule has 0 spiro atoms. The lowest BCUT2D eigenvalue weighted by atomic mass is 10.1. The lowest BCUT2D eigenvalue weighted by molar-refractivity contribution is -0.258. The molecule has 3 heterocycles. The molecule has 15 heteroatoms. The Hall–Kier alpha value is -0.130. The highest BCUT2D eigenvalue weighted by atomic mass is 127. The molecule has 0 radical (unpaired) electrons. The van der Waals surface area contributed by atoms with Crippen LogP contribution in [0.15, 0.2) is 0 Å². The third-order valence-corrected chi connectivity index (χ3v) is 10.4. The molecule has 0 bridgehead atoms. The van der Waals surface area contributed by atoms with Gasteiger partial charge in [0.2, 0.25) is 5.91 Å².